The van der Waals surface area contributed by atoms with Crippen LogP contribution in [-0.2, 0) is 10.0 Å². The minimum Gasteiger partial charge on any atom is -0.360 e. The third-order valence-electron chi connectivity index (χ3n) is 3.33. The van der Waals surface area contributed by atoms with Gasteiger partial charge in [-0.3, -0.25) is 9.52 Å². The van der Waals surface area contributed by atoms with Gasteiger partial charge in [-0.1, -0.05) is 22.8 Å². The summed E-state index contributed by atoms with van der Waals surface area (Å²) in [4.78, 5) is 13.1. The van der Waals surface area contributed by atoms with Gasteiger partial charge in [0.25, 0.3) is 15.9 Å². The number of rotatable bonds is 5. The third-order valence-corrected chi connectivity index (χ3v) is 6.25. The van der Waals surface area contributed by atoms with Gasteiger partial charge in [0, 0.05) is 16.0 Å². The standard InChI is InChI=1S/C16H14ClN3O4S2/c1-9-6-15(19-24-9)18-16(21)13-8-14(10(2)25-13)26(22,23)20-12-5-3-4-11(17)7-12/h3-8,20H,1-2H3,(H,18,19,21). The predicted octanol–water partition coefficient (Wildman–Crippen LogP) is 4.06. The molecule has 26 heavy (non-hydrogen) atoms. The summed E-state index contributed by atoms with van der Waals surface area (Å²) < 4.78 is 32.6. The number of sulfonamides is 1. The monoisotopic (exact) mass is 411 g/mol. The Morgan fingerprint density at radius 1 is 1.23 bits per heavy atom. The number of thiophene rings is 1. The molecule has 0 saturated carbocycles. The molecule has 3 rings (SSSR count). The number of aromatic nitrogens is 1. The Bertz CT molecular complexity index is 1070. The number of nitrogens with one attached hydrogen (secondary N) is 2. The van der Waals surface area contributed by atoms with Crippen LogP contribution in [0.2, 0.25) is 5.02 Å². The van der Waals surface area contributed by atoms with Gasteiger partial charge < -0.3 is 9.84 Å². The van der Waals surface area contributed by atoms with E-state index >= 15 is 0 Å². The van der Waals surface area contributed by atoms with Crippen LogP contribution >= 0.6 is 22.9 Å². The number of aryl methyl sites for hydroxylation is 2. The minimum absolute atomic E-state index is 0.0314. The number of anilines is 2. The highest BCUT2D eigenvalue weighted by atomic mass is 35.5. The summed E-state index contributed by atoms with van der Waals surface area (Å²) in [6.07, 6.45) is 0. The zero-order valence-corrected chi connectivity index (χ0v) is 16.1. The number of halogens is 1. The van der Waals surface area contributed by atoms with E-state index in [4.69, 9.17) is 16.1 Å². The second-order valence-electron chi connectivity index (χ2n) is 5.42. The number of amides is 1. The highest BCUT2D eigenvalue weighted by molar-refractivity contribution is 7.93. The Morgan fingerprint density at radius 3 is 2.65 bits per heavy atom. The second kappa shape index (κ2) is 7.10. The van der Waals surface area contributed by atoms with Crippen LogP contribution in [-0.4, -0.2) is 19.5 Å². The van der Waals surface area contributed by atoms with E-state index in [2.05, 4.69) is 15.2 Å². The van der Waals surface area contributed by atoms with E-state index in [1.165, 1.54) is 12.1 Å². The molecule has 1 amide bonds. The molecule has 2 aromatic heterocycles. The Balaban J connectivity index is 1.83. The minimum atomic E-state index is -3.85. The summed E-state index contributed by atoms with van der Waals surface area (Å²) in [5, 5.41) is 6.65. The summed E-state index contributed by atoms with van der Waals surface area (Å²) in [5.74, 6) is 0.354. The van der Waals surface area contributed by atoms with Crippen molar-refractivity contribution in [1.82, 2.24) is 5.16 Å². The van der Waals surface area contributed by atoms with Gasteiger partial charge in [-0.05, 0) is 38.1 Å². The molecule has 0 spiro atoms. The molecule has 136 valence electrons. The van der Waals surface area contributed by atoms with Gasteiger partial charge in [-0.15, -0.1) is 11.3 Å². The third kappa shape index (κ3) is 4.06. The average Bonchev–Trinajstić information content (AvgIpc) is 3.13. The van der Waals surface area contributed by atoms with Crippen molar-refractivity contribution in [3.05, 3.63) is 56.9 Å². The van der Waals surface area contributed by atoms with Gasteiger partial charge in [0.05, 0.1) is 10.6 Å². The highest BCUT2D eigenvalue weighted by Gasteiger charge is 2.23. The first kappa shape index (κ1) is 18.4. The normalized spacial score (nSPS) is 11.3. The lowest BCUT2D eigenvalue weighted by Crippen LogP contribution is -2.13. The topological polar surface area (TPSA) is 101 Å². The van der Waals surface area contributed by atoms with E-state index in [0.29, 0.717) is 21.3 Å². The smallest absolute Gasteiger partial charge is 0.267 e. The summed E-state index contributed by atoms with van der Waals surface area (Å²) in [6, 6.07) is 9.27. The largest absolute Gasteiger partial charge is 0.360 e. The molecule has 0 aliphatic carbocycles. The van der Waals surface area contributed by atoms with Crippen LogP contribution in [0.25, 0.3) is 0 Å². The van der Waals surface area contributed by atoms with Gasteiger partial charge in [0.15, 0.2) is 5.82 Å². The van der Waals surface area contributed by atoms with Crippen LogP contribution in [0.3, 0.4) is 0 Å². The molecule has 0 aliphatic heterocycles. The van der Waals surface area contributed by atoms with Crippen molar-refractivity contribution in [2.45, 2.75) is 18.7 Å². The predicted molar refractivity (Wildman–Crippen MR) is 101 cm³/mol. The van der Waals surface area contributed by atoms with Crippen LogP contribution < -0.4 is 10.0 Å². The summed E-state index contributed by atoms with van der Waals surface area (Å²) in [5.41, 5.74) is 0.340. The summed E-state index contributed by atoms with van der Waals surface area (Å²) in [7, 11) is -3.85. The van der Waals surface area contributed by atoms with E-state index < -0.39 is 15.9 Å². The average molecular weight is 412 g/mol. The number of nitrogens with zero attached hydrogens (tertiary/aromatic N) is 1. The van der Waals surface area contributed by atoms with Crippen LogP contribution in [0.1, 0.15) is 20.3 Å². The maximum Gasteiger partial charge on any atom is 0.267 e. The molecule has 1 aromatic carbocycles. The summed E-state index contributed by atoms with van der Waals surface area (Å²) >= 11 is 6.95. The number of hydrogen-bond acceptors (Lipinski definition) is 6. The van der Waals surface area contributed by atoms with Crippen molar-refractivity contribution >= 4 is 50.4 Å². The van der Waals surface area contributed by atoms with Crippen LogP contribution in [0.5, 0.6) is 0 Å². The fraction of sp³-hybridized carbons (Fsp3) is 0.125. The van der Waals surface area contributed by atoms with E-state index in [1.807, 2.05) is 0 Å². The zero-order chi connectivity index (χ0) is 18.9. The maximum absolute atomic E-state index is 12.6. The lowest BCUT2D eigenvalue weighted by Gasteiger charge is -2.07. The Labute approximate surface area is 159 Å². The van der Waals surface area contributed by atoms with Gasteiger partial charge >= 0.3 is 0 Å². The van der Waals surface area contributed by atoms with E-state index in [0.717, 1.165) is 11.3 Å². The molecule has 0 aliphatic rings. The number of hydrogen-bond donors (Lipinski definition) is 2. The Hall–Kier alpha value is -2.36. The van der Waals surface area contributed by atoms with Crippen molar-refractivity contribution < 1.29 is 17.7 Å². The first-order valence-corrected chi connectivity index (χ1v) is 10.1. The molecular weight excluding hydrogens is 398 g/mol. The lowest BCUT2D eigenvalue weighted by molar-refractivity contribution is 0.102. The molecule has 0 unspecified atom stereocenters. The van der Waals surface area contributed by atoms with Gasteiger partial charge in [-0.2, -0.15) is 0 Å². The molecule has 2 N–H and O–H groups in total. The van der Waals surface area contributed by atoms with Crippen LogP contribution in [0, 0.1) is 13.8 Å². The van der Waals surface area contributed by atoms with Crippen molar-refractivity contribution in [2.75, 3.05) is 10.0 Å². The first-order valence-electron chi connectivity index (χ1n) is 7.38. The van der Waals surface area contributed by atoms with Gasteiger partial charge in [0.1, 0.15) is 10.7 Å². The molecule has 0 bridgehead atoms. The fourth-order valence-electron chi connectivity index (χ4n) is 2.21. The quantitative estimate of drug-likeness (QED) is 0.659. The number of benzene rings is 1. The van der Waals surface area contributed by atoms with Crippen LogP contribution in [0.4, 0.5) is 11.5 Å². The van der Waals surface area contributed by atoms with Crippen molar-refractivity contribution in [2.24, 2.45) is 0 Å². The van der Waals surface area contributed by atoms with Crippen molar-refractivity contribution in [1.29, 1.82) is 0 Å². The van der Waals surface area contributed by atoms with Gasteiger partial charge in [-0.25, -0.2) is 8.42 Å². The molecular formula is C16H14ClN3O4S2. The highest BCUT2D eigenvalue weighted by Crippen LogP contribution is 2.28. The Kier molecular flexibility index (Phi) is 5.03. The second-order valence-corrected chi connectivity index (χ2v) is 8.77. The van der Waals surface area contributed by atoms with Crippen molar-refractivity contribution in [3.63, 3.8) is 0 Å². The van der Waals surface area contributed by atoms with E-state index in [1.54, 1.807) is 38.1 Å². The molecule has 0 saturated heterocycles. The van der Waals surface area contributed by atoms with Crippen LogP contribution in [0.15, 0.2) is 45.8 Å². The molecule has 2 heterocycles. The number of carbonyl (C=O) groups excluding carboxylic acids is 1. The number of carbonyl (C=O) groups is 1. The van der Waals surface area contributed by atoms with Crippen molar-refractivity contribution in [3.8, 4) is 0 Å². The maximum atomic E-state index is 12.6. The molecule has 7 nitrogen and oxygen atoms in total. The first-order chi connectivity index (χ1) is 12.2. The summed E-state index contributed by atoms with van der Waals surface area (Å²) in [6.45, 7) is 3.33. The molecule has 0 radical (unpaired) electrons. The lowest BCUT2D eigenvalue weighted by atomic mass is 10.3. The van der Waals surface area contributed by atoms with E-state index in [9.17, 15) is 13.2 Å². The molecule has 3 aromatic rings. The SMILES string of the molecule is Cc1cc(NC(=O)c2cc(S(=O)(=O)Nc3cccc(Cl)c3)c(C)s2)no1. The molecule has 0 fully saturated rings. The zero-order valence-electron chi connectivity index (χ0n) is 13.7. The molecule has 0 atom stereocenters. The fourth-order valence-corrected chi connectivity index (χ4v) is 4.94. The molecule has 10 heteroatoms. The van der Waals surface area contributed by atoms with E-state index in [-0.39, 0.29) is 15.6 Å². The van der Waals surface area contributed by atoms with Gasteiger partial charge in [0.2, 0.25) is 0 Å². The Morgan fingerprint density at radius 2 is 2.00 bits per heavy atom.